The summed E-state index contributed by atoms with van der Waals surface area (Å²) in [6.45, 7) is 4.14. The van der Waals surface area contributed by atoms with Gasteiger partial charge in [-0.3, -0.25) is 9.59 Å². The molecule has 4 heterocycles. The van der Waals surface area contributed by atoms with Crippen molar-refractivity contribution in [3.05, 3.63) is 59.2 Å². The fourth-order valence-electron chi connectivity index (χ4n) is 5.12. The van der Waals surface area contributed by atoms with E-state index in [2.05, 4.69) is 21.9 Å². The molecule has 150 valence electrons. The highest BCUT2D eigenvalue weighted by Crippen LogP contribution is 2.36. The predicted octanol–water partition coefficient (Wildman–Crippen LogP) is 3.11. The third-order valence-corrected chi connectivity index (χ3v) is 6.84. The highest BCUT2D eigenvalue weighted by molar-refractivity contribution is 6.00. The fraction of sp³-hybridized carbons (Fsp3) is 0.417. The number of carbonyl (C=O) groups is 2. The molecule has 0 aliphatic carbocycles. The van der Waals surface area contributed by atoms with E-state index < -0.39 is 0 Å². The standard InChI is InChI=1S/C24H27N3O2/c1-25(2)23(28)18-5-3-16(4-6-18)19-7-8-20-14-27(24(29)21(20)13-19)22-15-26-11-9-17(22)10-12-26/h3-8,13,17,22H,9-12,14-15H2,1-2H3/t22-/m0/s1. The molecule has 0 spiro atoms. The second-order valence-corrected chi connectivity index (χ2v) is 8.79. The van der Waals surface area contributed by atoms with E-state index in [1.54, 1.807) is 19.0 Å². The minimum atomic E-state index is -0.00570. The Balaban J connectivity index is 1.38. The van der Waals surface area contributed by atoms with Gasteiger partial charge in [0.15, 0.2) is 0 Å². The maximum atomic E-state index is 13.2. The number of piperidine rings is 3. The Morgan fingerprint density at radius 2 is 1.69 bits per heavy atom. The number of hydrogen-bond acceptors (Lipinski definition) is 3. The van der Waals surface area contributed by atoms with E-state index in [1.807, 2.05) is 30.3 Å². The summed E-state index contributed by atoms with van der Waals surface area (Å²) in [5.41, 5.74) is 4.69. The Labute approximate surface area is 171 Å². The normalized spacial score (nSPS) is 25.2. The first-order valence-electron chi connectivity index (χ1n) is 10.5. The molecule has 3 fully saturated rings. The van der Waals surface area contributed by atoms with Crippen molar-refractivity contribution in [2.75, 3.05) is 33.7 Å². The first kappa shape index (κ1) is 18.4. The molecule has 0 aromatic heterocycles. The van der Waals surface area contributed by atoms with Crippen LogP contribution in [0, 0.1) is 5.92 Å². The van der Waals surface area contributed by atoms with Gasteiger partial charge in [-0.15, -0.1) is 0 Å². The van der Waals surface area contributed by atoms with Crippen molar-refractivity contribution in [3.8, 4) is 11.1 Å². The zero-order chi connectivity index (χ0) is 20.1. The largest absolute Gasteiger partial charge is 0.345 e. The van der Waals surface area contributed by atoms with Crippen molar-refractivity contribution in [3.63, 3.8) is 0 Å². The topological polar surface area (TPSA) is 43.9 Å². The summed E-state index contributed by atoms with van der Waals surface area (Å²) in [4.78, 5) is 31.5. The van der Waals surface area contributed by atoms with Crippen LogP contribution in [0.4, 0.5) is 0 Å². The van der Waals surface area contributed by atoms with Gasteiger partial charge in [-0.25, -0.2) is 0 Å². The molecule has 6 rings (SSSR count). The van der Waals surface area contributed by atoms with Crippen LogP contribution in [0.25, 0.3) is 11.1 Å². The van der Waals surface area contributed by atoms with Crippen molar-refractivity contribution in [1.82, 2.24) is 14.7 Å². The van der Waals surface area contributed by atoms with E-state index in [1.165, 1.54) is 25.9 Å². The molecule has 4 aliphatic heterocycles. The van der Waals surface area contributed by atoms with Crippen LogP contribution in [-0.2, 0) is 6.54 Å². The molecule has 5 heteroatoms. The lowest BCUT2D eigenvalue weighted by Crippen LogP contribution is -2.57. The average molecular weight is 389 g/mol. The molecule has 1 atom stereocenters. The Morgan fingerprint density at radius 1 is 1.00 bits per heavy atom. The van der Waals surface area contributed by atoms with Crippen LogP contribution in [0.15, 0.2) is 42.5 Å². The molecule has 5 nitrogen and oxygen atoms in total. The third-order valence-electron chi connectivity index (χ3n) is 6.84. The van der Waals surface area contributed by atoms with Gasteiger partial charge < -0.3 is 14.7 Å². The van der Waals surface area contributed by atoms with Gasteiger partial charge in [-0.05, 0) is 66.7 Å². The maximum absolute atomic E-state index is 13.2. The van der Waals surface area contributed by atoms with Gasteiger partial charge in [0.2, 0.25) is 0 Å². The second kappa shape index (κ2) is 6.99. The fourth-order valence-corrected chi connectivity index (χ4v) is 5.12. The Hall–Kier alpha value is -2.66. The SMILES string of the molecule is CN(C)C(=O)c1ccc(-c2ccc3c(c2)C(=O)N([C@H]2CN4CCC2CC4)C3)cc1. The van der Waals surface area contributed by atoms with Crippen molar-refractivity contribution in [1.29, 1.82) is 0 Å². The smallest absolute Gasteiger partial charge is 0.254 e. The van der Waals surface area contributed by atoms with Crippen LogP contribution in [-0.4, -0.2) is 66.3 Å². The molecule has 2 aromatic rings. The van der Waals surface area contributed by atoms with Gasteiger partial charge in [0.05, 0.1) is 0 Å². The van der Waals surface area contributed by atoms with Crippen LogP contribution in [0.3, 0.4) is 0 Å². The predicted molar refractivity (Wildman–Crippen MR) is 113 cm³/mol. The third kappa shape index (κ3) is 3.14. The molecular formula is C24H27N3O2. The van der Waals surface area contributed by atoms with Crippen LogP contribution < -0.4 is 0 Å². The zero-order valence-corrected chi connectivity index (χ0v) is 17.1. The quantitative estimate of drug-likeness (QED) is 0.810. The lowest BCUT2D eigenvalue weighted by Gasteiger charge is -2.48. The summed E-state index contributed by atoms with van der Waals surface area (Å²) in [5, 5.41) is 0. The number of nitrogens with zero attached hydrogens (tertiary/aromatic N) is 3. The lowest BCUT2D eigenvalue weighted by atomic mass is 9.83. The van der Waals surface area contributed by atoms with E-state index in [-0.39, 0.29) is 11.8 Å². The van der Waals surface area contributed by atoms with Gasteiger partial charge in [0, 0.05) is 44.4 Å². The Kier molecular flexibility index (Phi) is 4.43. The average Bonchev–Trinajstić information content (AvgIpc) is 3.10. The molecule has 2 bridgehead atoms. The van der Waals surface area contributed by atoms with E-state index in [0.717, 1.165) is 35.3 Å². The summed E-state index contributed by atoms with van der Waals surface area (Å²) in [7, 11) is 3.51. The summed E-state index contributed by atoms with van der Waals surface area (Å²) in [5.74, 6) is 0.827. The molecule has 29 heavy (non-hydrogen) atoms. The number of fused-ring (bicyclic) bond motifs is 4. The van der Waals surface area contributed by atoms with E-state index in [9.17, 15) is 9.59 Å². The van der Waals surface area contributed by atoms with Crippen molar-refractivity contribution in [2.45, 2.75) is 25.4 Å². The van der Waals surface area contributed by atoms with Crippen molar-refractivity contribution in [2.24, 2.45) is 5.92 Å². The minimum absolute atomic E-state index is 0.00570. The molecule has 0 saturated carbocycles. The number of amides is 2. The summed E-state index contributed by atoms with van der Waals surface area (Å²) in [6, 6.07) is 14.2. The number of hydrogen-bond donors (Lipinski definition) is 0. The molecule has 0 N–H and O–H groups in total. The molecule has 4 aliphatic rings. The van der Waals surface area contributed by atoms with Crippen LogP contribution in [0.5, 0.6) is 0 Å². The highest BCUT2D eigenvalue weighted by atomic mass is 16.2. The first-order valence-corrected chi connectivity index (χ1v) is 10.5. The van der Waals surface area contributed by atoms with E-state index >= 15 is 0 Å². The van der Waals surface area contributed by atoms with E-state index in [4.69, 9.17) is 0 Å². The van der Waals surface area contributed by atoms with Crippen LogP contribution >= 0.6 is 0 Å². The monoisotopic (exact) mass is 389 g/mol. The Bertz CT molecular complexity index is 959. The van der Waals surface area contributed by atoms with Gasteiger partial charge >= 0.3 is 0 Å². The van der Waals surface area contributed by atoms with E-state index in [0.29, 0.717) is 17.5 Å². The minimum Gasteiger partial charge on any atom is -0.345 e. The van der Waals surface area contributed by atoms with Gasteiger partial charge in [0.1, 0.15) is 0 Å². The Morgan fingerprint density at radius 3 is 2.31 bits per heavy atom. The number of rotatable bonds is 3. The van der Waals surface area contributed by atoms with Crippen molar-refractivity contribution >= 4 is 11.8 Å². The second-order valence-electron chi connectivity index (χ2n) is 8.79. The molecule has 2 aromatic carbocycles. The molecule has 0 unspecified atom stereocenters. The van der Waals surface area contributed by atoms with Gasteiger partial charge in [0.25, 0.3) is 11.8 Å². The van der Waals surface area contributed by atoms with Crippen LogP contribution in [0.2, 0.25) is 0 Å². The van der Waals surface area contributed by atoms with Gasteiger partial charge in [-0.1, -0.05) is 24.3 Å². The lowest BCUT2D eigenvalue weighted by molar-refractivity contribution is 0.00846. The maximum Gasteiger partial charge on any atom is 0.254 e. The molecule has 0 radical (unpaired) electrons. The van der Waals surface area contributed by atoms with Crippen molar-refractivity contribution < 1.29 is 9.59 Å². The molecular weight excluding hydrogens is 362 g/mol. The zero-order valence-electron chi connectivity index (χ0n) is 17.1. The summed E-state index contributed by atoms with van der Waals surface area (Å²) < 4.78 is 0. The number of carbonyl (C=O) groups excluding carboxylic acids is 2. The number of benzene rings is 2. The molecule has 2 amide bonds. The highest BCUT2D eigenvalue weighted by Gasteiger charge is 2.42. The first-order chi connectivity index (χ1) is 14.0. The van der Waals surface area contributed by atoms with Crippen LogP contribution in [0.1, 0.15) is 39.1 Å². The summed E-state index contributed by atoms with van der Waals surface area (Å²) in [6.07, 6.45) is 2.43. The molecule has 3 saturated heterocycles. The summed E-state index contributed by atoms with van der Waals surface area (Å²) >= 11 is 0. The van der Waals surface area contributed by atoms with Gasteiger partial charge in [-0.2, -0.15) is 0 Å².